The lowest BCUT2D eigenvalue weighted by molar-refractivity contribution is -0.154. The summed E-state index contributed by atoms with van der Waals surface area (Å²) < 4.78 is 16.8. The molecule has 0 aromatic heterocycles. The predicted molar refractivity (Wildman–Crippen MR) is 88.2 cm³/mol. The summed E-state index contributed by atoms with van der Waals surface area (Å²) in [5.41, 5.74) is -0.150. The van der Waals surface area contributed by atoms with Crippen molar-refractivity contribution >= 4 is 5.91 Å². The SMILES string of the molecule is COc1cccc(CCC(=O)N2[C@H](OC)C(C)(C)OC2(C)C)c1. The molecule has 1 amide bonds. The molecule has 0 spiro atoms. The number of amides is 1. The topological polar surface area (TPSA) is 48.0 Å². The number of ether oxygens (including phenoxy) is 3. The van der Waals surface area contributed by atoms with E-state index in [4.69, 9.17) is 14.2 Å². The normalized spacial score (nSPS) is 22.2. The van der Waals surface area contributed by atoms with Gasteiger partial charge in [-0.15, -0.1) is 0 Å². The number of carbonyl (C=O) groups is 1. The Morgan fingerprint density at radius 1 is 1.26 bits per heavy atom. The Kier molecular flexibility index (Phi) is 5.01. The zero-order chi connectivity index (χ0) is 17.3. The maximum Gasteiger partial charge on any atom is 0.227 e. The van der Waals surface area contributed by atoms with Crippen LogP contribution in [0.2, 0.25) is 0 Å². The van der Waals surface area contributed by atoms with Gasteiger partial charge in [0.1, 0.15) is 17.1 Å². The molecule has 23 heavy (non-hydrogen) atoms. The first kappa shape index (κ1) is 17.8. The van der Waals surface area contributed by atoms with Crippen LogP contribution in [0.5, 0.6) is 5.75 Å². The molecule has 0 aliphatic carbocycles. The zero-order valence-corrected chi connectivity index (χ0v) is 14.9. The summed E-state index contributed by atoms with van der Waals surface area (Å²) in [4.78, 5) is 14.5. The van der Waals surface area contributed by atoms with Gasteiger partial charge in [-0.3, -0.25) is 9.69 Å². The minimum Gasteiger partial charge on any atom is -0.497 e. The molecule has 0 N–H and O–H groups in total. The Hall–Kier alpha value is -1.59. The Balaban J connectivity index is 2.09. The summed E-state index contributed by atoms with van der Waals surface area (Å²) in [6, 6.07) is 7.78. The molecule has 1 saturated heterocycles. The van der Waals surface area contributed by atoms with Crippen molar-refractivity contribution in [3.05, 3.63) is 29.8 Å². The molecule has 0 unspecified atom stereocenters. The Labute approximate surface area is 138 Å². The fourth-order valence-electron chi connectivity index (χ4n) is 3.36. The van der Waals surface area contributed by atoms with Crippen LogP contribution < -0.4 is 4.74 Å². The van der Waals surface area contributed by atoms with E-state index in [0.29, 0.717) is 12.8 Å². The zero-order valence-electron chi connectivity index (χ0n) is 14.9. The molecule has 0 saturated carbocycles. The van der Waals surface area contributed by atoms with E-state index in [1.807, 2.05) is 52.0 Å². The first-order valence-corrected chi connectivity index (χ1v) is 7.89. The van der Waals surface area contributed by atoms with E-state index in [2.05, 4.69) is 0 Å². The molecule has 1 aliphatic rings. The third-order valence-corrected chi connectivity index (χ3v) is 4.18. The van der Waals surface area contributed by atoms with Gasteiger partial charge in [0.15, 0.2) is 6.23 Å². The van der Waals surface area contributed by atoms with Gasteiger partial charge in [0, 0.05) is 13.5 Å². The van der Waals surface area contributed by atoms with E-state index < -0.39 is 17.6 Å². The molecule has 1 aromatic rings. The highest BCUT2D eigenvalue weighted by atomic mass is 16.6. The van der Waals surface area contributed by atoms with Gasteiger partial charge in [-0.25, -0.2) is 0 Å². The van der Waals surface area contributed by atoms with Crippen molar-refractivity contribution in [2.45, 2.75) is 58.1 Å². The molecule has 1 aliphatic heterocycles. The molecule has 128 valence electrons. The van der Waals surface area contributed by atoms with Crippen LogP contribution in [0.3, 0.4) is 0 Å². The van der Waals surface area contributed by atoms with E-state index in [-0.39, 0.29) is 5.91 Å². The van der Waals surface area contributed by atoms with Crippen molar-refractivity contribution in [3.8, 4) is 5.75 Å². The minimum absolute atomic E-state index is 0.0234. The molecule has 0 bridgehead atoms. The quantitative estimate of drug-likeness (QED) is 0.836. The summed E-state index contributed by atoms with van der Waals surface area (Å²) in [5, 5.41) is 0. The van der Waals surface area contributed by atoms with Gasteiger partial charge in [-0.1, -0.05) is 12.1 Å². The number of rotatable bonds is 5. The molecule has 2 rings (SSSR count). The summed E-state index contributed by atoms with van der Waals surface area (Å²) in [5.74, 6) is 0.825. The van der Waals surface area contributed by atoms with Gasteiger partial charge in [-0.05, 0) is 51.8 Å². The van der Waals surface area contributed by atoms with Crippen LogP contribution in [0.15, 0.2) is 24.3 Å². The van der Waals surface area contributed by atoms with Crippen LogP contribution >= 0.6 is 0 Å². The number of nitrogens with zero attached hydrogens (tertiary/aromatic N) is 1. The van der Waals surface area contributed by atoms with Crippen LogP contribution in [0, 0.1) is 0 Å². The van der Waals surface area contributed by atoms with Gasteiger partial charge in [-0.2, -0.15) is 0 Å². The third-order valence-electron chi connectivity index (χ3n) is 4.18. The average molecular weight is 321 g/mol. The summed E-state index contributed by atoms with van der Waals surface area (Å²) in [7, 11) is 3.25. The number of hydrogen-bond acceptors (Lipinski definition) is 4. The molecule has 5 heteroatoms. The van der Waals surface area contributed by atoms with Crippen molar-refractivity contribution in [2.24, 2.45) is 0 Å². The largest absolute Gasteiger partial charge is 0.497 e. The van der Waals surface area contributed by atoms with E-state index in [1.165, 1.54) is 0 Å². The number of carbonyl (C=O) groups excluding carboxylic acids is 1. The van der Waals surface area contributed by atoms with Crippen LogP contribution in [-0.4, -0.2) is 42.6 Å². The second-order valence-electron chi connectivity index (χ2n) is 6.86. The fourth-order valence-corrected chi connectivity index (χ4v) is 3.36. The van der Waals surface area contributed by atoms with Crippen LogP contribution in [0.4, 0.5) is 0 Å². The highest BCUT2D eigenvalue weighted by Crippen LogP contribution is 2.39. The van der Waals surface area contributed by atoms with Crippen molar-refractivity contribution in [2.75, 3.05) is 14.2 Å². The molecule has 5 nitrogen and oxygen atoms in total. The number of aryl methyl sites for hydroxylation is 1. The smallest absolute Gasteiger partial charge is 0.227 e. The molecule has 1 atom stereocenters. The standard InChI is InChI=1S/C18H27NO4/c1-17(2)16(22-6)19(18(3,4)23-17)15(20)11-10-13-8-7-9-14(12-13)21-5/h7-9,12,16H,10-11H2,1-6H3/t16-/m1/s1. The lowest BCUT2D eigenvalue weighted by atomic mass is 10.1. The Bertz CT molecular complexity index is 568. The van der Waals surface area contributed by atoms with E-state index in [1.54, 1.807) is 19.1 Å². The van der Waals surface area contributed by atoms with Crippen molar-refractivity contribution in [1.82, 2.24) is 4.90 Å². The second kappa shape index (κ2) is 6.49. The molecular weight excluding hydrogens is 294 g/mol. The van der Waals surface area contributed by atoms with Crippen molar-refractivity contribution in [3.63, 3.8) is 0 Å². The average Bonchev–Trinajstić information content (AvgIpc) is 2.68. The Morgan fingerprint density at radius 3 is 2.57 bits per heavy atom. The lowest BCUT2D eigenvalue weighted by Gasteiger charge is -2.33. The van der Waals surface area contributed by atoms with E-state index in [0.717, 1.165) is 11.3 Å². The first-order chi connectivity index (χ1) is 10.7. The number of benzene rings is 1. The van der Waals surface area contributed by atoms with Crippen molar-refractivity contribution in [1.29, 1.82) is 0 Å². The lowest BCUT2D eigenvalue weighted by Crippen LogP contribution is -2.50. The molecule has 1 heterocycles. The van der Waals surface area contributed by atoms with Crippen LogP contribution in [0.1, 0.15) is 39.7 Å². The molecule has 1 fully saturated rings. The van der Waals surface area contributed by atoms with E-state index >= 15 is 0 Å². The van der Waals surface area contributed by atoms with Gasteiger partial charge < -0.3 is 14.2 Å². The van der Waals surface area contributed by atoms with Gasteiger partial charge in [0.25, 0.3) is 0 Å². The van der Waals surface area contributed by atoms with E-state index in [9.17, 15) is 4.79 Å². The number of methoxy groups -OCH3 is 2. The fraction of sp³-hybridized carbons (Fsp3) is 0.611. The Morgan fingerprint density at radius 2 is 1.96 bits per heavy atom. The summed E-state index contributed by atoms with van der Waals surface area (Å²) >= 11 is 0. The molecule has 1 aromatic carbocycles. The van der Waals surface area contributed by atoms with Crippen LogP contribution in [-0.2, 0) is 20.7 Å². The second-order valence-corrected chi connectivity index (χ2v) is 6.86. The highest BCUT2D eigenvalue weighted by Gasteiger charge is 2.54. The van der Waals surface area contributed by atoms with Gasteiger partial charge in [0.2, 0.25) is 5.91 Å². The minimum atomic E-state index is -0.685. The van der Waals surface area contributed by atoms with Crippen molar-refractivity contribution < 1.29 is 19.0 Å². The third kappa shape index (κ3) is 3.67. The highest BCUT2D eigenvalue weighted by molar-refractivity contribution is 5.77. The summed E-state index contributed by atoms with van der Waals surface area (Å²) in [6.45, 7) is 7.69. The van der Waals surface area contributed by atoms with Gasteiger partial charge >= 0.3 is 0 Å². The maximum absolute atomic E-state index is 12.8. The summed E-state index contributed by atoms with van der Waals surface area (Å²) in [6.07, 6.45) is 0.658. The molecule has 0 radical (unpaired) electrons. The number of hydrogen-bond donors (Lipinski definition) is 0. The maximum atomic E-state index is 12.8. The molecular formula is C18H27NO4. The monoisotopic (exact) mass is 321 g/mol. The van der Waals surface area contributed by atoms with Gasteiger partial charge in [0.05, 0.1) is 7.11 Å². The van der Waals surface area contributed by atoms with Crippen LogP contribution in [0.25, 0.3) is 0 Å². The first-order valence-electron chi connectivity index (χ1n) is 7.89. The predicted octanol–water partition coefficient (Wildman–Crippen LogP) is 2.97.